The van der Waals surface area contributed by atoms with Crippen molar-refractivity contribution >= 4 is 69.5 Å². The van der Waals surface area contributed by atoms with Gasteiger partial charge in [-0.15, -0.1) is 0 Å². The number of nitrogens with one attached hydrogen (secondary N) is 4. The summed E-state index contributed by atoms with van der Waals surface area (Å²) in [5.41, 5.74) is 4.43. The molecule has 73 heavy (non-hydrogen) atoms. The number of hydrogen-bond donors (Lipinski definition) is 5. The average Bonchev–Trinajstić information content (AvgIpc) is 4.19. The number of aliphatic hydroxyl groups is 1. The summed E-state index contributed by atoms with van der Waals surface area (Å²) in [7, 11) is 9.17. The first-order valence-corrected chi connectivity index (χ1v) is 25.6. The van der Waals surface area contributed by atoms with E-state index in [1.807, 2.05) is 65.6 Å². The van der Waals surface area contributed by atoms with Crippen molar-refractivity contribution in [2.45, 2.75) is 111 Å². The van der Waals surface area contributed by atoms with Crippen LogP contribution in [0.5, 0.6) is 5.75 Å². The minimum atomic E-state index is -0.535. The Hall–Kier alpha value is -6.87. The van der Waals surface area contributed by atoms with Crippen LogP contribution in [0.1, 0.15) is 103 Å². The lowest BCUT2D eigenvalue weighted by Gasteiger charge is -2.37. The SMILES string of the molecule is CC.COc1cc(C(=O)NC(C)(C)CCO)ccc1Nc1ncc2c(n1)N(C1CCCC1)CC(=O)N2C.Cc1nn(C)cc1Nc1nc(N2CCC(NC(=O)/C=C/CN(C)CCC(C)C)C2)nc2c1ncn2C. The molecule has 0 spiro atoms. The van der Waals surface area contributed by atoms with Crippen LogP contribution >= 0.6 is 0 Å². The van der Waals surface area contributed by atoms with E-state index in [2.05, 4.69) is 71.9 Å². The van der Waals surface area contributed by atoms with Gasteiger partial charge in [0.05, 0.1) is 43.2 Å². The van der Waals surface area contributed by atoms with Gasteiger partial charge < -0.3 is 55.3 Å². The molecule has 1 aromatic carbocycles. The van der Waals surface area contributed by atoms with E-state index in [0.717, 1.165) is 81.0 Å². The smallest absolute Gasteiger partial charge is 0.251 e. The summed E-state index contributed by atoms with van der Waals surface area (Å²) >= 11 is 0. The molecule has 4 aromatic heterocycles. The Bertz CT molecular complexity index is 2690. The molecule has 3 aliphatic rings. The fourth-order valence-corrected chi connectivity index (χ4v) is 8.92. The zero-order valence-electron chi connectivity index (χ0n) is 45.0. The molecule has 3 amide bonds. The van der Waals surface area contributed by atoms with Crippen LogP contribution in [0.2, 0.25) is 0 Å². The van der Waals surface area contributed by atoms with Crippen LogP contribution < -0.4 is 40.7 Å². The first-order chi connectivity index (χ1) is 34.9. The molecule has 8 rings (SSSR count). The van der Waals surface area contributed by atoms with Crippen molar-refractivity contribution in [2.24, 2.45) is 20.0 Å². The number of carbonyl (C=O) groups excluding carboxylic acids is 3. The quantitative estimate of drug-likeness (QED) is 0.0611. The Kier molecular flexibility index (Phi) is 19.1. The van der Waals surface area contributed by atoms with E-state index in [4.69, 9.17) is 19.7 Å². The number of aliphatic hydroxyl groups excluding tert-OH is 1. The molecule has 0 bridgehead atoms. The number of nitrogens with zero attached hydrogens (tertiary/aromatic N) is 12. The van der Waals surface area contributed by atoms with Crippen molar-refractivity contribution in [3.8, 4) is 5.75 Å². The fourth-order valence-electron chi connectivity index (χ4n) is 8.92. The molecule has 396 valence electrons. The Morgan fingerprint density at radius 1 is 1.03 bits per heavy atom. The highest BCUT2D eigenvalue weighted by Crippen LogP contribution is 2.38. The maximum Gasteiger partial charge on any atom is 0.251 e. The van der Waals surface area contributed by atoms with E-state index in [1.165, 1.54) is 7.11 Å². The highest BCUT2D eigenvalue weighted by molar-refractivity contribution is 6.02. The van der Waals surface area contributed by atoms with Gasteiger partial charge in [-0.2, -0.15) is 20.1 Å². The summed E-state index contributed by atoms with van der Waals surface area (Å²) in [6.07, 6.45) is 15.8. The minimum Gasteiger partial charge on any atom is -0.495 e. The van der Waals surface area contributed by atoms with Gasteiger partial charge >= 0.3 is 0 Å². The van der Waals surface area contributed by atoms with Crippen LogP contribution in [0, 0.1) is 12.8 Å². The normalized spacial score (nSPS) is 15.9. The topological polar surface area (TPSA) is 229 Å². The van der Waals surface area contributed by atoms with E-state index in [0.29, 0.717) is 77.4 Å². The number of methoxy groups -OCH3 is 1. The van der Waals surface area contributed by atoms with Crippen molar-refractivity contribution in [1.82, 2.24) is 54.8 Å². The molecule has 21 nitrogen and oxygen atoms in total. The average molecular weight is 1010 g/mol. The van der Waals surface area contributed by atoms with Gasteiger partial charge in [0.2, 0.25) is 23.7 Å². The van der Waals surface area contributed by atoms with Crippen LogP contribution in [0.4, 0.5) is 40.6 Å². The Morgan fingerprint density at radius 2 is 1.78 bits per heavy atom. The summed E-state index contributed by atoms with van der Waals surface area (Å²) in [5.74, 6) is 3.27. The first-order valence-electron chi connectivity index (χ1n) is 25.6. The number of imidazole rings is 1. The van der Waals surface area contributed by atoms with Gasteiger partial charge in [0.1, 0.15) is 11.4 Å². The fraction of sp³-hybridized carbons (Fsp3) is 0.558. The van der Waals surface area contributed by atoms with Crippen molar-refractivity contribution in [2.75, 3.05) is 85.9 Å². The Morgan fingerprint density at radius 3 is 2.47 bits per heavy atom. The number of carbonyl (C=O) groups is 3. The standard InChI is InChI=1S/C25H38N10O.C25H34N6O4.C2H6/c1-17(2)9-12-32(4)11-7-8-21(36)27-19-10-13-35(14-19)25-29-23(22-24(30-25)33(5)16-26-22)28-20-15-34(6)31-18(20)3;1-25(2,11-12-32)29-23(34)16-9-10-18(20(13-16)35-4)27-24-26-14-19-22(28-24)31(15-21(33)30(19)3)17-7-5-6-8-17;1-2/h7-8,15-17,19H,9-14H2,1-6H3,(H,27,36)(H,28,29,30);9-10,13-14,17,32H,5-8,11-12,15H2,1-4H3,(H,29,34)(H,26,27,28);1-2H3/b8-7+;;. The van der Waals surface area contributed by atoms with E-state index in [1.54, 1.807) is 53.4 Å². The number of ether oxygens (including phenoxy) is 1. The van der Waals surface area contributed by atoms with Gasteiger partial charge in [-0.1, -0.05) is 46.6 Å². The lowest BCUT2D eigenvalue weighted by molar-refractivity contribution is -0.118. The highest BCUT2D eigenvalue weighted by Gasteiger charge is 2.35. The summed E-state index contributed by atoms with van der Waals surface area (Å²) in [5, 5.41) is 26.3. The minimum absolute atomic E-state index is 0.0115. The molecule has 1 saturated heterocycles. The monoisotopic (exact) mass is 1010 g/mol. The molecule has 0 radical (unpaired) electrons. The van der Waals surface area contributed by atoms with Gasteiger partial charge in [0.15, 0.2) is 22.8 Å². The van der Waals surface area contributed by atoms with Crippen LogP contribution in [0.15, 0.2) is 49.1 Å². The first kappa shape index (κ1) is 55.4. The Balaban J connectivity index is 0.000000230. The van der Waals surface area contributed by atoms with Crippen LogP contribution in [-0.2, 0) is 23.7 Å². The predicted molar refractivity (Wildman–Crippen MR) is 288 cm³/mol. The Labute approximate surface area is 430 Å². The number of rotatable bonds is 18. The van der Waals surface area contributed by atoms with E-state index in [-0.39, 0.29) is 30.4 Å². The molecule has 1 atom stereocenters. The molecule has 21 heteroatoms. The zero-order valence-corrected chi connectivity index (χ0v) is 45.0. The number of likely N-dealkylation sites (N-methyl/N-ethyl adjacent to an activating group) is 2. The van der Waals surface area contributed by atoms with Crippen molar-refractivity contribution in [3.63, 3.8) is 0 Å². The highest BCUT2D eigenvalue weighted by atomic mass is 16.5. The molecular formula is C52H78N16O5. The van der Waals surface area contributed by atoms with E-state index in [9.17, 15) is 19.5 Å². The van der Waals surface area contributed by atoms with Crippen molar-refractivity contribution in [1.29, 1.82) is 0 Å². The second kappa shape index (κ2) is 25.2. The maximum atomic E-state index is 12.7. The summed E-state index contributed by atoms with van der Waals surface area (Å²) in [4.78, 5) is 69.1. The number of fused-ring (bicyclic) bond motifs is 2. The number of aryl methyl sites for hydroxylation is 3. The van der Waals surface area contributed by atoms with Crippen molar-refractivity contribution < 1.29 is 24.2 Å². The summed E-state index contributed by atoms with van der Waals surface area (Å²) in [6.45, 7) is 17.6. The van der Waals surface area contributed by atoms with Crippen LogP contribution in [0.3, 0.4) is 0 Å². The second-order valence-electron chi connectivity index (χ2n) is 19.9. The molecule has 6 heterocycles. The van der Waals surface area contributed by atoms with Crippen molar-refractivity contribution in [3.05, 3.63) is 60.3 Å². The number of amides is 3. The maximum absolute atomic E-state index is 12.7. The third-order valence-electron chi connectivity index (χ3n) is 13.1. The molecule has 1 saturated carbocycles. The van der Waals surface area contributed by atoms with E-state index >= 15 is 0 Å². The van der Waals surface area contributed by atoms with Gasteiger partial charge in [0, 0.05) is 82.8 Å². The number of aromatic nitrogens is 8. The molecule has 1 aliphatic carbocycles. The zero-order chi connectivity index (χ0) is 53.0. The van der Waals surface area contributed by atoms with E-state index < -0.39 is 5.54 Å². The number of hydrogen-bond acceptors (Lipinski definition) is 16. The molecule has 5 N–H and O–H groups in total. The third kappa shape index (κ3) is 14.4. The summed E-state index contributed by atoms with van der Waals surface area (Å²) < 4.78 is 9.18. The predicted octanol–water partition coefficient (Wildman–Crippen LogP) is 6.25. The van der Waals surface area contributed by atoms with Gasteiger partial charge in [-0.3, -0.25) is 19.1 Å². The lowest BCUT2D eigenvalue weighted by atomic mass is 10.0. The molecule has 1 unspecified atom stereocenters. The van der Waals surface area contributed by atoms with Crippen LogP contribution in [-0.4, -0.2) is 145 Å². The number of anilines is 7. The van der Waals surface area contributed by atoms with Gasteiger partial charge in [-0.25, -0.2) is 9.97 Å². The second-order valence-corrected chi connectivity index (χ2v) is 19.9. The van der Waals surface area contributed by atoms with Gasteiger partial charge in [0.25, 0.3) is 5.91 Å². The molecule has 5 aromatic rings. The van der Waals surface area contributed by atoms with Crippen LogP contribution in [0.25, 0.3) is 11.2 Å². The third-order valence-corrected chi connectivity index (χ3v) is 13.1. The largest absolute Gasteiger partial charge is 0.495 e. The molecule has 2 aliphatic heterocycles. The lowest BCUT2D eigenvalue weighted by Crippen LogP contribution is -2.48. The summed E-state index contributed by atoms with van der Waals surface area (Å²) in [6, 6.07) is 5.45. The molecular weight excluding hydrogens is 929 g/mol. The van der Waals surface area contributed by atoms with Gasteiger partial charge in [-0.05, 0) is 90.6 Å². The number of benzene rings is 1. The molecule has 2 fully saturated rings.